The minimum atomic E-state index is -0.407. The lowest BCUT2D eigenvalue weighted by molar-refractivity contribution is 0.0521. The summed E-state index contributed by atoms with van der Waals surface area (Å²) in [5, 5.41) is 3.89. The number of ether oxygens (including phenoxy) is 1. The Kier molecular flexibility index (Phi) is 4.55. The first-order valence-corrected chi connectivity index (χ1v) is 7.43. The molecule has 0 saturated carbocycles. The van der Waals surface area contributed by atoms with Crippen LogP contribution in [0.5, 0.6) is 0 Å². The largest absolute Gasteiger partial charge is 0.461 e. The van der Waals surface area contributed by atoms with Gasteiger partial charge in [-0.25, -0.2) is 9.78 Å². The van der Waals surface area contributed by atoms with E-state index in [2.05, 4.69) is 26.2 Å². The molecule has 0 unspecified atom stereocenters. The highest BCUT2D eigenvalue weighted by Crippen LogP contribution is 2.30. The van der Waals surface area contributed by atoms with E-state index in [0.29, 0.717) is 17.3 Å². The van der Waals surface area contributed by atoms with Gasteiger partial charge in [-0.1, -0.05) is 6.07 Å². The Morgan fingerprint density at radius 3 is 3.05 bits per heavy atom. The second kappa shape index (κ2) is 6.16. The molecule has 100 valence electrons. The van der Waals surface area contributed by atoms with Gasteiger partial charge in [-0.3, -0.25) is 0 Å². The summed E-state index contributed by atoms with van der Waals surface area (Å²) in [7, 11) is 0. The fraction of sp³-hybridized carbons (Fsp3) is 0.231. The first-order valence-electron chi connectivity index (χ1n) is 5.75. The normalized spacial score (nSPS) is 10.3. The Labute approximate surface area is 124 Å². The summed E-state index contributed by atoms with van der Waals surface area (Å²) < 4.78 is 5.90. The molecule has 0 spiro atoms. The zero-order valence-corrected chi connectivity index (χ0v) is 13.0. The molecule has 1 aromatic heterocycles. The van der Waals surface area contributed by atoms with Crippen molar-refractivity contribution in [1.29, 1.82) is 0 Å². The van der Waals surface area contributed by atoms with E-state index in [9.17, 15) is 4.79 Å². The van der Waals surface area contributed by atoms with Crippen molar-refractivity contribution in [3.05, 3.63) is 39.4 Å². The van der Waals surface area contributed by atoms with Gasteiger partial charge in [-0.05, 0) is 47.5 Å². The van der Waals surface area contributed by atoms with Gasteiger partial charge in [0.15, 0.2) is 5.69 Å². The van der Waals surface area contributed by atoms with Crippen molar-refractivity contribution >= 4 is 43.9 Å². The van der Waals surface area contributed by atoms with E-state index < -0.39 is 5.97 Å². The number of aryl methyl sites for hydroxylation is 1. The fourth-order valence-electron chi connectivity index (χ4n) is 1.54. The lowest BCUT2D eigenvalue weighted by Crippen LogP contribution is -2.07. The smallest absolute Gasteiger partial charge is 0.360 e. The van der Waals surface area contributed by atoms with Crippen LogP contribution in [-0.2, 0) is 4.74 Å². The molecule has 6 heteroatoms. The van der Waals surface area contributed by atoms with Crippen LogP contribution in [0.4, 0.5) is 10.7 Å². The predicted molar refractivity (Wildman–Crippen MR) is 80.2 cm³/mol. The number of carbonyl (C=O) groups excluding carboxylic acids is 1. The summed E-state index contributed by atoms with van der Waals surface area (Å²) in [6.45, 7) is 4.12. The van der Waals surface area contributed by atoms with Crippen LogP contribution in [0.1, 0.15) is 23.0 Å². The number of aromatic nitrogens is 1. The third kappa shape index (κ3) is 3.33. The number of carbonyl (C=O) groups is 1. The Morgan fingerprint density at radius 1 is 1.53 bits per heavy atom. The molecule has 1 heterocycles. The molecule has 2 aromatic rings. The van der Waals surface area contributed by atoms with Gasteiger partial charge in [0.05, 0.1) is 17.8 Å². The third-order valence-electron chi connectivity index (χ3n) is 2.41. The molecule has 19 heavy (non-hydrogen) atoms. The highest BCUT2D eigenvalue weighted by atomic mass is 79.9. The number of anilines is 2. The zero-order valence-electron chi connectivity index (χ0n) is 10.6. The number of thiazole rings is 1. The molecule has 4 nitrogen and oxygen atoms in total. The minimum Gasteiger partial charge on any atom is -0.461 e. The van der Waals surface area contributed by atoms with Crippen molar-refractivity contribution in [1.82, 2.24) is 4.98 Å². The molecule has 0 radical (unpaired) electrons. The van der Waals surface area contributed by atoms with E-state index in [0.717, 1.165) is 15.7 Å². The van der Waals surface area contributed by atoms with E-state index in [1.165, 1.54) is 11.3 Å². The van der Waals surface area contributed by atoms with Crippen molar-refractivity contribution in [2.75, 3.05) is 11.9 Å². The van der Waals surface area contributed by atoms with Crippen LogP contribution in [0.15, 0.2) is 28.2 Å². The fourth-order valence-corrected chi connectivity index (χ4v) is 2.56. The van der Waals surface area contributed by atoms with E-state index in [-0.39, 0.29) is 0 Å². The molecule has 0 fully saturated rings. The average molecular weight is 341 g/mol. The second-order valence-electron chi connectivity index (χ2n) is 3.86. The van der Waals surface area contributed by atoms with Gasteiger partial charge in [0.2, 0.25) is 0 Å². The van der Waals surface area contributed by atoms with Gasteiger partial charge in [0.1, 0.15) is 5.00 Å². The number of hydrogen-bond donors (Lipinski definition) is 1. The van der Waals surface area contributed by atoms with Gasteiger partial charge < -0.3 is 10.1 Å². The summed E-state index contributed by atoms with van der Waals surface area (Å²) in [5.74, 6) is -0.407. The number of benzene rings is 1. The second-order valence-corrected chi connectivity index (χ2v) is 5.57. The van der Waals surface area contributed by atoms with Crippen molar-refractivity contribution in [2.24, 2.45) is 0 Å². The molecule has 1 N–H and O–H groups in total. The van der Waals surface area contributed by atoms with Gasteiger partial charge in [-0.2, -0.15) is 0 Å². The van der Waals surface area contributed by atoms with Gasteiger partial charge >= 0.3 is 5.97 Å². The van der Waals surface area contributed by atoms with Crippen LogP contribution >= 0.6 is 27.3 Å². The first-order chi connectivity index (χ1) is 9.11. The molecule has 0 aliphatic rings. The van der Waals surface area contributed by atoms with E-state index in [4.69, 9.17) is 4.74 Å². The Balaban J connectivity index is 2.26. The quantitative estimate of drug-likeness (QED) is 0.850. The number of esters is 1. The minimum absolute atomic E-state index is 0.320. The van der Waals surface area contributed by atoms with Crippen molar-refractivity contribution in [3.8, 4) is 0 Å². The number of halogens is 1. The van der Waals surface area contributed by atoms with Crippen LogP contribution in [0.25, 0.3) is 0 Å². The summed E-state index contributed by atoms with van der Waals surface area (Å²) >= 11 is 4.84. The SMILES string of the molecule is CCOC(=O)c1ncsc1Nc1cc(C)ccc1Br. The van der Waals surface area contributed by atoms with Crippen molar-refractivity contribution in [3.63, 3.8) is 0 Å². The molecule has 0 saturated heterocycles. The molecular formula is C13H13BrN2O2S. The lowest BCUT2D eigenvalue weighted by atomic mass is 10.2. The number of nitrogens with zero attached hydrogens (tertiary/aromatic N) is 1. The zero-order chi connectivity index (χ0) is 13.8. The summed E-state index contributed by atoms with van der Waals surface area (Å²) in [6.07, 6.45) is 0. The molecule has 1 aromatic carbocycles. The van der Waals surface area contributed by atoms with Crippen molar-refractivity contribution in [2.45, 2.75) is 13.8 Å². The number of rotatable bonds is 4. The number of nitrogens with one attached hydrogen (secondary N) is 1. The molecule has 0 bridgehead atoms. The summed E-state index contributed by atoms with van der Waals surface area (Å²) in [6, 6.07) is 5.97. The molecule has 0 amide bonds. The maximum Gasteiger partial charge on any atom is 0.360 e. The number of hydrogen-bond acceptors (Lipinski definition) is 5. The maximum atomic E-state index is 11.7. The lowest BCUT2D eigenvalue weighted by Gasteiger charge is -2.09. The third-order valence-corrected chi connectivity index (χ3v) is 3.84. The molecule has 2 rings (SSSR count). The predicted octanol–water partition coefficient (Wildman–Crippen LogP) is 4.13. The molecule has 0 atom stereocenters. The molecule has 0 aliphatic heterocycles. The summed E-state index contributed by atoms with van der Waals surface area (Å²) in [4.78, 5) is 15.8. The van der Waals surface area contributed by atoms with Crippen LogP contribution in [-0.4, -0.2) is 17.6 Å². The van der Waals surface area contributed by atoms with E-state index >= 15 is 0 Å². The Hall–Kier alpha value is -1.40. The van der Waals surface area contributed by atoms with Gasteiger partial charge in [0.25, 0.3) is 0 Å². The van der Waals surface area contributed by atoms with Crippen LogP contribution in [0.3, 0.4) is 0 Å². The highest BCUT2D eigenvalue weighted by molar-refractivity contribution is 9.10. The Bertz CT molecular complexity index is 598. The van der Waals surface area contributed by atoms with Gasteiger partial charge in [0, 0.05) is 4.47 Å². The topological polar surface area (TPSA) is 51.2 Å². The standard InChI is InChI=1S/C13H13BrN2O2S/c1-3-18-13(17)11-12(19-7-15-11)16-10-6-8(2)4-5-9(10)14/h4-7,16H,3H2,1-2H3. The highest BCUT2D eigenvalue weighted by Gasteiger charge is 2.16. The molecular weight excluding hydrogens is 328 g/mol. The molecule has 0 aliphatic carbocycles. The van der Waals surface area contributed by atoms with Crippen LogP contribution in [0, 0.1) is 6.92 Å². The summed E-state index contributed by atoms with van der Waals surface area (Å²) in [5.41, 5.74) is 3.97. The van der Waals surface area contributed by atoms with Crippen LogP contribution < -0.4 is 5.32 Å². The first kappa shape index (κ1) is 14.0. The van der Waals surface area contributed by atoms with Crippen molar-refractivity contribution < 1.29 is 9.53 Å². The maximum absolute atomic E-state index is 11.7. The van der Waals surface area contributed by atoms with E-state index in [1.54, 1.807) is 12.4 Å². The van der Waals surface area contributed by atoms with E-state index in [1.807, 2.05) is 25.1 Å². The van der Waals surface area contributed by atoms with Gasteiger partial charge in [-0.15, -0.1) is 11.3 Å². The monoisotopic (exact) mass is 340 g/mol. The van der Waals surface area contributed by atoms with Crippen LogP contribution in [0.2, 0.25) is 0 Å². The average Bonchev–Trinajstić information content (AvgIpc) is 2.82. The Morgan fingerprint density at radius 2 is 2.32 bits per heavy atom.